The number of anilines is 1. The predicted molar refractivity (Wildman–Crippen MR) is 87.0 cm³/mol. The van der Waals surface area contributed by atoms with Crippen molar-refractivity contribution >= 4 is 22.4 Å². The van der Waals surface area contributed by atoms with Crippen molar-refractivity contribution in [1.82, 2.24) is 19.7 Å². The van der Waals surface area contributed by atoms with Gasteiger partial charge >= 0.3 is 0 Å². The SMILES string of the molecule is C[C@H](C(=O)Nc1nccs1)N1CCC(c2ccnn2C)CC1. The molecule has 0 aromatic carbocycles. The van der Waals surface area contributed by atoms with E-state index >= 15 is 0 Å². The fourth-order valence-electron chi connectivity index (χ4n) is 3.03. The minimum Gasteiger partial charge on any atom is -0.301 e. The second-order valence-corrected chi connectivity index (χ2v) is 6.59. The Kier molecular flexibility index (Phi) is 4.54. The summed E-state index contributed by atoms with van der Waals surface area (Å²) in [5, 5.41) is 9.66. The maximum Gasteiger partial charge on any atom is 0.243 e. The van der Waals surface area contributed by atoms with Gasteiger partial charge in [0.2, 0.25) is 5.91 Å². The Bertz CT molecular complexity index is 616. The number of carbonyl (C=O) groups excluding carboxylic acids is 1. The molecule has 22 heavy (non-hydrogen) atoms. The number of rotatable bonds is 4. The molecule has 3 heterocycles. The summed E-state index contributed by atoms with van der Waals surface area (Å²) in [7, 11) is 1.99. The van der Waals surface area contributed by atoms with E-state index in [4.69, 9.17) is 0 Å². The molecule has 6 nitrogen and oxygen atoms in total. The van der Waals surface area contributed by atoms with Gasteiger partial charge in [-0.2, -0.15) is 5.10 Å². The highest BCUT2D eigenvalue weighted by Crippen LogP contribution is 2.28. The van der Waals surface area contributed by atoms with Gasteiger partial charge in [-0.15, -0.1) is 11.3 Å². The summed E-state index contributed by atoms with van der Waals surface area (Å²) in [5.41, 5.74) is 1.29. The molecule has 0 saturated carbocycles. The Labute approximate surface area is 134 Å². The zero-order chi connectivity index (χ0) is 15.5. The summed E-state index contributed by atoms with van der Waals surface area (Å²) < 4.78 is 1.96. The van der Waals surface area contributed by atoms with Gasteiger partial charge in [-0.3, -0.25) is 14.4 Å². The molecular formula is C15H21N5OS. The second kappa shape index (κ2) is 6.58. The van der Waals surface area contributed by atoms with Crippen molar-refractivity contribution in [3.05, 3.63) is 29.5 Å². The monoisotopic (exact) mass is 319 g/mol. The Balaban J connectivity index is 1.54. The van der Waals surface area contributed by atoms with Crippen LogP contribution in [0.15, 0.2) is 23.8 Å². The van der Waals surface area contributed by atoms with Crippen molar-refractivity contribution in [2.24, 2.45) is 7.05 Å². The van der Waals surface area contributed by atoms with E-state index in [0.29, 0.717) is 11.0 Å². The van der Waals surface area contributed by atoms with Gasteiger partial charge in [-0.1, -0.05) is 0 Å². The van der Waals surface area contributed by atoms with Crippen LogP contribution in [-0.4, -0.2) is 44.7 Å². The zero-order valence-corrected chi connectivity index (χ0v) is 13.7. The van der Waals surface area contributed by atoms with Crippen molar-refractivity contribution in [3.8, 4) is 0 Å². The van der Waals surface area contributed by atoms with Crippen LogP contribution in [0.2, 0.25) is 0 Å². The van der Waals surface area contributed by atoms with Gasteiger partial charge < -0.3 is 5.32 Å². The molecule has 0 aliphatic carbocycles. The van der Waals surface area contributed by atoms with E-state index in [0.717, 1.165) is 25.9 Å². The first-order valence-electron chi connectivity index (χ1n) is 7.57. The molecule has 0 unspecified atom stereocenters. The molecule has 1 atom stereocenters. The quantitative estimate of drug-likeness (QED) is 0.937. The van der Waals surface area contributed by atoms with Crippen molar-refractivity contribution in [2.75, 3.05) is 18.4 Å². The summed E-state index contributed by atoms with van der Waals surface area (Å²) in [6, 6.07) is 1.97. The van der Waals surface area contributed by atoms with E-state index in [1.165, 1.54) is 17.0 Å². The molecule has 1 amide bonds. The van der Waals surface area contributed by atoms with Crippen LogP contribution in [0.3, 0.4) is 0 Å². The Morgan fingerprint density at radius 1 is 1.41 bits per heavy atom. The molecule has 1 aliphatic heterocycles. The summed E-state index contributed by atoms with van der Waals surface area (Å²) >= 11 is 1.44. The molecule has 118 valence electrons. The Morgan fingerprint density at radius 2 is 2.18 bits per heavy atom. The van der Waals surface area contributed by atoms with Gasteiger partial charge in [0.05, 0.1) is 6.04 Å². The van der Waals surface area contributed by atoms with Crippen molar-refractivity contribution in [1.29, 1.82) is 0 Å². The molecule has 1 fully saturated rings. The van der Waals surface area contributed by atoms with Crippen LogP contribution in [-0.2, 0) is 11.8 Å². The molecule has 1 aliphatic rings. The first-order valence-corrected chi connectivity index (χ1v) is 8.45. The largest absolute Gasteiger partial charge is 0.301 e. The van der Waals surface area contributed by atoms with E-state index in [2.05, 4.69) is 26.4 Å². The van der Waals surface area contributed by atoms with Crippen molar-refractivity contribution < 1.29 is 4.79 Å². The first kappa shape index (κ1) is 15.2. The van der Waals surface area contributed by atoms with Gasteiger partial charge in [0.15, 0.2) is 5.13 Å². The zero-order valence-electron chi connectivity index (χ0n) is 12.9. The van der Waals surface area contributed by atoms with E-state index in [1.807, 2.05) is 30.2 Å². The lowest BCUT2D eigenvalue weighted by Crippen LogP contribution is -2.45. The van der Waals surface area contributed by atoms with Crippen LogP contribution in [0.25, 0.3) is 0 Å². The molecule has 1 saturated heterocycles. The fraction of sp³-hybridized carbons (Fsp3) is 0.533. The third kappa shape index (κ3) is 3.20. The molecule has 0 spiro atoms. The van der Waals surface area contributed by atoms with E-state index in [1.54, 1.807) is 6.20 Å². The summed E-state index contributed by atoms with van der Waals surface area (Å²) in [5.74, 6) is 0.562. The average molecular weight is 319 g/mol. The van der Waals surface area contributed by atoms with Gasteiger partial charge in [0.1, 0.15) is 0 Å². The molecule has 0 radical (unpaired) electrons. The van der Waals surface area contributed by atoms with Crippen LogP contribution < -0.4 is 5.32 Å². The number of aryl methyl sites for hydroxylation is 1. The summed E-state index contributed by atoms with van der Waals surface area (Å²) in [6.45, 7) is 3.83. The van der Waals surface area contributed by atoms with Crippen LogP contribution in [0.4, 0.5) is 5.13 Å². The highest BCUT2D eigenvalue weighted by molar-refractivity contribution is 7.13. The van der Waals surface area contributed by atoms with Crippen LogP contribution in [0.1, 0.15) is 31.4 Å². The Hall–Kier alpha value is -1.73. The van der Waals surface area contributed by atoms with Crippen LogP contribution in [0, 0.1) is 0 Å². The number of piperidine rings is 1. The smallest absolute Gasteiger partial charge is 0.243 e. The number of carbonyl (C=O) groups is 1. The minimum absolute atomic E-state index is 0.0222. The van der Waals surface area contributed by atoms with Crippen molar-refractivity contribution in [2.45, 2.75) is 31.7 Å². The third-order valence-electron chi connectivity index (χ3n) is 4.40. The van der Waals surface area contributed by atoms with Crippen LogP contribution >= 0.6 is 11.3 Å². The van der Waals surface area contributed by atoms with Gasteiger partial charge in [0.25, 0.3) is 0 Å². The van der Waals surface area contributed by atoms with Crippen LogP contribution in [0.5, 0.6) is 0 Å². The Morgan fingerprint density at radius 3 is 2.77 bits per heavy atom. The molecule has 0 bridgehead atoms. The topological polar surface area (TPSA) is 63.1 Å². The molecule has 2 aromatic heterocycles. The standard InChI is InChI=1S/C15H21N5OS/c1-11(14(21)18-15-16-7-10-22-15)20-8-4-12(5-9-20)13-3-6-17-19(13)2/h3,6-7,10-12H,4-5,8-9H2,1-2H3,(H,16,18,21)/t11-/m1/s1. The van der Waals surface area contributed by atoms with Crippen molar-refractivity contribution in [3.63, 3.8) is 0 Å². The summed E-state index contributed by atoms with van der Waals surface area (Å²) in [4.78, 5) is 18.6. The van der Waals surface area contributed by atoms with E-state index in [-0.39, 0.29) is 11.9 Å². The number of nitrogens with one attached hydrogen (secondary N) is 1. The number of nitrogens with zero attached hydrogens (tertiary/aromatic N) is 4. The highest BCUT2D eigenvalue weighted by Gasteiger charge is 2.28. The lowest BCUT2D eigenvalue weighted by molar-refractivity contribution is -0.121. The molecular weight excluding hydrogens is 298 g/mol. The van der Waals surface area contributed by atoms with E-state index in [9.17, 15) is 4.79 Å². The molecule has 1 N–H and O–H groups in total. The van der Waals surface area contributed by atoms with E-state index < -0.39 is 0 Å². The number of amides is 1. The lowest BCUT2D eigenvalue weighted by atomic mass is 9.92. The second-order valence-electron chi connectivity index (χ2n) is 5.69. The predicted octanol–water partition coefficient (Wildman–Crippen LogP) is 2.08. The number of hydrogen-bond acceptors (Lipinski definition) is 5. The fourth-order valence-corrected chi connectivity index (χ4v) is 3.56. The minimum atomic E-state index is -0.128. The number of thiazole rings is 1. The van der Waals surface area contributed by atoms with Gasteiger partial charge in [-0.05, 0) is 38.9 Å². The maximum atomic E-state index is 12.3. The lowest BCUT2D eigenvalue weighted by Gasteiger charge is -2.35. The first-order chi connectivity index (χ1) is 10.6. The highest BCUT2D eigenvalue weighted by atomic mass is 32.1. The molecule has 2 aromatic rings. The van der Waals surface area contributed by atoms with Gasteiger partial charge in [0, 0.05) is 36.4 Å². The average Bonchev–Trinajstić information content (AvgIpc) is 3.18. The normalized spacial score (nSPS) is 18.3. The summed E-state index contributed by atoms with van der Waals surface area (Å²) in [6.07, 6.45) is 5.68. The maximum absolute atomic E-state index is 12.3. The number of hydrogen-bond donors (Lipinski definition) is 1. The number of likely N-dealkylation sites (tertiary alicyclic amines) is 1. The molecule has 3 rings (SSSR count). The van der Waals surface area contributed by atoms with Gasteiger partial charge in [-0.25, -0.2) is 4.98 Å². The number of aromatic nitrogens is 3. The third-order valence-corrected chi connectivity index (χ3v) is 5.08. The molecule has 7 heteroatoms.